The van der Waals surface area contributed by atoms with Crippen molar-refractivity contribution in [1.82, 2.24) is 10.3 Å². The van der Waals surface area contributed by atoms with Gasteiger partial charge in [0, 0.05) is 12.7 Å². The average Bonchev–Trinajstić information content (AvgIpc) is 2.69. The molecular formula is C8H9N5. The molecular weight excluding hydrogens is 166 g/mol. The second kappa shape index (κ2) is 3.75. The van der Waals surface area contributed by atoms with E-state index in [9.17, 15) is 0 Å². The molecule has 13 heavy (non-hydrogen) atoms. The minimum atomic E-state index is 0.601. The highest BCUT2D eigenvalue weighted by atomic mass is 15.3. The second-order valence-corrected chi connectivity index (χ2v) is 2.54. The first-order valence-electron chi connectivity index (χ1n) is 4.05. The molecule has 0 saturated carbocycles. The van der Waals surface area contributed by atoms with Crippen LogP contribution >= 0.6 is 0 Å². The number of hydrogen-bond donors (Lipinski definition) is 1. The molecule has 66 valence electrons. The Kier molecular flexibility index (Phi) is 2.26. The molecule has 0 radical (unpaired) electrons. The third kappa shape index (κ3) is 2.08. The van der Waals surface area contributed by atoms with Gasteiger partial charge in [0.1, 0.15) is 5.69 Å². The summed E-state index contributed by atoms with van der Waals surface area (Å²) < 4.78 is 0. The fraction of sp³-hybridized carbons (Fsp3) is 0.250. The SMILES string of the molecule is c1cncc(N=NC2=NCCN2)c1. The molecule has 1 aromatic rings. The Morgan fingerprint density at radius 1 is 1.38 bits per heavy atom. The molecule has 1 aromatic heterocycles. The van der Waals surface area contributed by atoms with E-state index in [1.165, 1.54) is 0 Å². The molecule has 0 bridgehead atoms. The van der Waals surface area contributed by atoms with Gasteiger partial charge in [0.25, 0.3) is 0 Å². The van der Waals surface area contributed by atoms with Crippen LogP contribution in [0.15, 0.2) is 39.7 Å². The summed E-state index contributed by atoms with van der Waals surface area (Å²) >= 11 is 0. The molecule has 1 N–H and O–H groups in total. The number of hydrogen-bond acceptors (Lipinski definition) is 5. The minimum absolute atomic E-state index is 0.601. The Balaban J connectivity index is 2.05. The Morgan fingerprint density at radius 3 is 3.08 bits per heavy atom. The van der Waals surface area contributed by atoms with Crippen molar-refractivity contribution in [2.45, 2.75) is 0 Å². The lowest BCUT2D eigenvalue weighted by Crippen LogP contribution is -2.15. The molecule has 0 spiro atoms. The van der Waals surface area contributed by atoms with Crippen molar-refractivity contribution in [3.63, 3.8) is 0 Å². The largest absolute Gasteiger partial charge is 0.351 e. The van der Waals surface area contributed by atoms with E-state index in [1.54, 1.807) is 12.4 Å². The number of aliphatic imine (C=N–C) groups is 1. The molecule has 0 amide bonds. The molecule has 2 rings (SSSR count). The molecule has 0 saturated heterocycles. The predicted octanol–water partition coefficient (Wildman–Crippen LogP) is 1.12. The maximum absolute atomic E-state index is 4.08. The lowest BCUT2D eigenvalue weighted by molar-refractivity contribution is 0.953. The van der Waals surface area contributed by atoms with Crippen LogP contribution in [0.3, 0.4) is 0 Å². The number of aromatic nitrogens is 1. The van der Waals surface area contributed by atoms with Crippen LogP contribution in [0.4, 0.5) is 5.69 Å². The molecule has 0 aromatic carbocycles. The van der Waals surface area contributed by atoms with Gasteiger partial charge < -0.3 is 5.32 Å². The third-order valence-electron chi connectivity index (χ3n) is 1.56. The Hall–Kier alpha value is -1.78. The van der Waals surface area contributed by atoms with Gasteiger partial charge >= 0.3 is 0 Å². The Labute approximate surface area is 75.6 Å². The van der Waals surface area contributed by atoms with Crippen molar-refractivity contribution in [2.24, 2.45) is 15.2 Å². The monoisotopic (exact) mass is 175 g/mol. The Morgan fingerprint density at radius 2 is 2.38 bits per heavy atom. The topological polar surface area (TPSA) is 62.0 Å². The highest BCUT2D eigenvalue weighted by Crippen LogP contribution is 2.08. The first kappa shape index (κ1) is 7.85. The van der Waals surface area contributed by atoms with E-state index in [1.807, 2.05) is 12.1 Å². The summed E-state index contributed by atoms with van der Waals surface area (Å²) in [5.41, 5.74) is 0.735. The number of nitrogens with one attached hydrogen (secondary N) is 1. The number of guanidine groups is 1. The van der Waals surface area contributed by atoms with Gasteiger partial charge in [-0.15, -0.1) is 10.2 Å². The van der Waals surface area contributed by atoms with Crippen molar-refractivity contribution < 1.29 is 0 Å². The van der Waals surface area contributed by atoms with Crippen LogP contribution in [0.2, 0.25) is 0 Å². The van der Waals surface area contributed by atoms with Gasteiger partial charge in [0.15, 0.2) is 0 Å². The van der Waals surface area contributed by atoms with Crippen molar-refractivity contribution in [3.05, 3.63) is 24.5 Å². The first-order valence-corrected chi connectivity index (χ1v) is 4.05. The van der Waals surface area contributed by atoms with Crippen molar-refractivity contribution in [2.75, 3.05) is 13.1 Å². The zero-order chi connectivity index (χ0) is 8.93. The molecule has 5 nitrogen and oxygen atoms in total. The lowest BCUT2D eigenvalue weighted by atomic mass is 10.4. The summed E-state index contributed by atoms with van der Waals surface area (Å²) in [6.45, 7) is 1.63. The summed E-state index contributed by atoms with van der Waals surface area (Å²) in [6, 6.07) is 3.66. The second-order valence-electron chi connectivity index (χ2n) is 2.54. The van der Waals surface area contributed by atoms with Gasteiger partial charge in [0.2, 0.25) is 5.96 Å². The van der Waals surface area contributed by atoms with Gasteiger partial charge in [0.05, 0.1) is 12.7 Å². The van der Waals surface area contributed by atoms with Crippen molar-refractivity contribution >= 4 is 11.6 Å². The quantitative estimate of drug-likeness (QED) is 0.650. The third-order valence-corrected chi connectivity index (χ3v) is 1.56. The van der Waals surface area contributed by atoms with Crippen LogP contribution in [0.25, 0.3) is 0 Å². The van der Waals surface area contributed by atoms with E-state index in [-0.39, 0.29) is 0 Å². The summed E-state index contributed by atoms with van der Waals surface area (Å²) in [4.78, 5) is 7.99. The molecule has 5 heteroatoms. The summed E-state index contributed by atoms with van der Waals surface area (Å²) in [6.07, 6.45) is 3.35. The van der Waals surface area contributed by atoms with Gasteiger partial charge in [-0.2, -0.15) is 0 Å². The van der Waals surface area contributed by atoms with E-state index >= 15 is 0 Å². The molecule has 0 fully saturated rings. The summed E-state index contributed by atoms with van der Waals surface area (Å²) in [5.74, 6) is 0.601. The van der Waals surface area contributed by atoms with E-state index in [0.717, 1.165) is 18.8 Å². The fourth-order valence-electron chi connectivity index (χ4n) is 0.970. The predicted molar refractivity (Wildman–Crippen MR) is 49.1 cm³/mol. The normalized spacial score (nSPS) is 15.8. The molecule has 1 aliphatic rings. The van der Waals surface area contributed by atoms with Crippen LogP contribution in [0.1, 0.15) is 0 Å². The van der Waals surface area contributed by atoms with Crippen LogP contribution in [-0.2, 0) is 0 Å². The standard InChI is InChI=1S/C8H9N5/c1-2-7(6-9-3-1)12-13-8-10-4-5-11-8/h1-3,6H,4-5H2,(H,10,11). The highest BCUT2D eigenvalue weighted by Gasteiger charge is 2.01. The summed E-state index contributed by atoms with van der Waals surface area (Å²) in [7, 11) is 0. The molecule has 0 unspecified atom stereocenters. The van der Waals surface area contributed by atoms with E-state index in [2.05, 4.69) is 25.5 Å². The first-order chi connectivity index (χ1) is 6.45. The zero-order valence-corrected chi connectivity index (χ0v) is 7.01. The molecule has 2 heterocycles. The van der Waals surface area contributed by atoms with Crippen LogP contribution < -0.4 is 5.32 Å². The van der Waals surface area contributed by atoms with Crippen LogP contribution in [0.5, 0.6) is 0 Å². The number of pyridine rings is 1. The lowest BCUT2D eigenvalue weighted by Gasteiger charge is -1.91. The minimum Gasteiger partial charge on any atom is -0.351 e. The van der Waals surface area contributed by atoms with E-state index in [0.29, 0.717) is 5.96 Å². The zero-order valence-electron chi connectivity index (χ0n) is 7.01. The van der Waals surface area contributed by atoms with Gasteiger partial charge in [-0.25, -0.2) is 4.99 Å². The molecule has 0 atom stereocenters. The van der Waals surface area contributed by atoms with Crippen molar-refractivity contribution in [1.29, 1.82) is 0 Å². The van der Waals surface area contributed by atoms with Crippen LogP contribution in [-0.4, -0.2) is 24.0 Å². The molecule has 0 aliphatic carbocycles. The van der Waals surface area contributed by atoms with Crippen LogP contribution in [0, 0.1) is 0 Å². The number of nitrogens with zero attached hydrogens (tertiary/aromatic N) is 4. The smallest absolute Gasteiger partial charge is 0.238 e. The highest BCUT2D eigenvalue weighted by molar-refractivity contribution is 5.81. The summed E-state index contributed by atoms with van der Waals surface area (Å²) in [5, 5.41) is 10.9. The van der Waals surface area contributed by atoms with E-state index in [4.69, 9.17) is 0 Å². The van der Waals surface area contributed by atoms with Crippen molar-refractivity contribution in [3.8, 4) is 0 Å². The number of rotatable bonds is 1. The maximum Gasteiger partial charge on any atom is 0.238 e. The van der Waals surface area contributed by atoms with Gasteiger partial charge in [-0.05, 0) is 12.1 Å². The van der Waals surface area contributed by atoms with Gasteiger partial charge in [-0.3, -0.25) is 4.98 Å². The fourth-order valence-corrected chi connectivity index (χ4v) is 0.970. The molecule has 1 aliphatic heterocycles. The maximum atomic E-state index is 4.08. The Bertz CT molecular complexity index is 330. The average molecular weight is 175 g/mol. The van der Waals surface area contributed by atoms with E-state index < -0.39 is 0 Å². The van der Waals surface area contributed by atoms with Gasteiger partial charge in [-0.1, -0.05) is 0 Å². The number of azo groups is 1.